The third-order valence-corrected chi connectivity index (χ3v) is 8.94. The molecule has 2 N–H and O–H groups in total. The van der Waals surface area contributed by atoms with Crippen LogP contribution in [0.1, 0.15) is 74.8 Å². The Balaban J connectivity index is 1.70. The summed E-state index contributed by atoms with van der Waals surface area (Å²) in [4.78, 5) is 0. The lowest BCUT2D eigenvalue weighted by Gasteiger charge is -2.52. The van der Waals surface area contributed by atoms with Gasteiger partial charge in [0.15, 0.2) is 0 Å². The SMILES string of the molecule is CCCCO[C@@H]1[C@@H](OCCCC)[C@H](OCc2ccc(OC)cc2)C(CO)(CO)O[C@H]1c1ccc(Cl)c(Cc2ccc(OCC)cc2)c1. The van der Waals surface area contributed by atoms with Crippen LogP contribution in [-0.4, -0.2) is 74.3 Å². The van der Waals surface area contributed by atoms with Crippen LogP contribution in [0, 0.1) is 0 Å². The van der Waals surface area contributed by atoms with Crippen LogP contribution in [0.25, 0.3) is 0 Å². The van der Waals surface area contributed by atoms with Gasteiger partial charge < -0.3 is 38.6 Å². The van der Waals surface area contributed by atoms with Crippen molar-refractivity contribution in [1.82, 2.24) is 0 Å². The average molecular weight is 671 g/mol. The summed E-state index contributed by atoms with van der Waals surface area (Å²) in [6.07, 6.45) is 1.49. The summed E-state index contributed by atoms with van der Waals surface area (Å²) in [6.45, 7) is 7.02. The van der Waals surface area contributed by atoms with Gasteiger partial charge in [-0.05, 0) is 78.8 Å². The van der Waals surface area contributed by atoms with Crippen molar-refractivity contribution in [2.45, 2.75) is 89.5 Å². The van der Waals surface area contributed by atoms with Crippen molar-refractivity contribution in [3.63, 3.8) is 0 Å². The maximum absolute atomic E-state index is 10.9. The van der Waals surface area contributed by atoms with Crippen molar-refractivity contribution in [1.29, 1.82) is 0 Å². The molecular weight excluding hydrogens is 620 g/mol. The molecule has 4 rings (SSSR count). The van der Waals surface area contributed by atoms with Crippen LogP contribution in [0.4, 0.5) is 0 Å². The fraction of sp³-hybridized carbons (Fsp3) is 0.526. The van der Waals surface area contributed by atoms with Crippen LogP contribution in [0.3, 0.4) is 0 Å². The number of hydrogen-bond acceptors (Lipinski definition) is 8. The minimum atomic E-state index is -1.46. The molecule has 1 fully saturated rings. The highest BCUT2D eigenvalue weighted by molar-refractivity contribution is 6.31. The third kappa shape index (κ3) is 9.70. The Morgan fingerprint density at radius 1 is 0.766 bits per heavy atom. The normalized spacial score (nSPS) is 20.7. The second-order valence-corrected chi connectivity index (χ2v) is 12.4. The van der Waals surface area contributed by atoms with Gasteiger partial charge in [-0.3, -0.25) is 0 Å². The number of ether oxygens (including phenoxy) is 6. The van der Waals surface area contributed by atoms with Crippen molar-refractivity contribution >= 4 is 11.6 Å². The van der Waals surface area contributed by atoms with Crippen molar-refractivity contribution in [3.8, 4) is 11.5 Å². The Morgan fingerprint density at radius 3 is 1.98 bits per heavy atom. The molecule has 0 aromatic heterocycles. The molecule has 0 unspecified atom stereocenters. The fourth-order valence-electron chi connectivity index (χ4n) is 5.84. The predicted octanol–water partition coefficient (Wildman–Crippen LogP) is 7.09. The standard InChI is InChI=1S/C38H51ClO8/c1-5-8-20-44-35-34(29-14-19-33(39)30(23-29)22-27-10-17-32(18-11-27)43-7-3)47-38(25-40,26-41)37(36(35)45-21-9-6-2)46-24-28-12-15-31(42-4)16-13-28/h10-19,23,34-37,40-41H,5-9,20-22,24-26H2,1-4H3/t34-,35-,36+,37-/m0/s1. The maximum atomic E-state index is 10.9. The highest BCUT2D eigenvalue weighted by Gasteiger charge is 2.56. The number of benzene rings is 3. The lowest BCUT2D eigenvalue weighted by molar-refractivity contribution is -0.315. The molecule has 1 saturated heterocycles. The largest absolute Gasteiger partial charge is 0.497 e. The second kappa shape index (κ2) is 18.7. The minimum Gasteiger partial charge on any atom is -0.497 e. The Morgan fingerprint density at radius 2 is 1.38 bits per heavy atom. The van der Waals surface area contributed by atoms with E-state index < -0.39 is 43.2 Å². The topological polar surface area (TPSA) is 95.8 Å². The molecule has 4 atom stereocenters. The lowest BCUT2D eigenvalue weighted by Crippen LogP contribution is -2.67. The lowest BCUT2D eigenvalue weighted by atomic mass is 9.82. The summed E-state index contributed by atoms with van der Waals surface area (Å²) in [7, 11) is 1.62. The molecule has 0 aliphatic carbocycles. The molecule has 0 saturated carbocycles. The van der Waals surface area contributed by atoms with Gasteiger partial charge >= 0.3 is 0 Å². The number of aliphatic hydroxyl groups is 2. The van der Waals surface area contributed by atoms with Crippen LogP contribution in [0.15, 0.2) is 66.7 Å². The molecule has 0 bridgehead atoms. The van der Waals surface area contributed by atoms with Crippen LogP contribution in [-0.2, 0) is 32.0 Å². The molecule has 1 aliphatic heterocycles. The molecule has 0 spiro atoms. The first-order valence-electron chi connectivity index (χ1n) is 16.8. The molecule has 0 radical (unpaired) electrons. The summed E-state index contributed by atoms with van der Waals surface area (Å²) in [5.74, 6) is 1.56. The van der Waals surface area contributed by atoms with E-state index in [1.165, 1.54) is 0 Å². The van der Waals surface area contributed by atoms with E-state index in [9.17, 15) is 10.2 Å². The minimum absolute atomic E-state index is 0.215. The van der Waals surface area contributed by atoms with E-state index >= 15 is 0 Å². The number of hydrogen-bond donors (Lipinski definition) is 2. The molecule has 3 aromatic carbocycles. The van der Waals surface area contributed by atoms with Crippen LogP contribution in [0.2, 0.25) is 5.02 Å². The fourth-order valence-corrected chi connectivity index (χ4v) is 6.02. The van der Waals surface area contributed by atoms with Crippen molar-refractivity contribution in [3.05, 3.63) is 94.0 Å². The van der Waals surface area contributed by atoms with E-state index in [2.05, 4.69) is 13.8 Å². The van der Waals surface area contributed by atoms with E-state index in [1.807, 2.05) is 73.7 Å². The van der Waals surface area contributed by atoms with E-state index in [-0.39, 0.29) is 6.61 Å². The summed E-state index contributed by atoms with van der Waals surface area (Å²) in [5.41, 5.74) is 2.27. The highest BCUT2D eigenvalue weighted by atomic mass is 35.5. The van der Waals surface area contributed by atoms with E-state index in [1.54, 1.807) is 7.11 Å². The number of rotatable bonds is 19. The molecular formula is C38H51ClO8. The number of aliphatic hydroxyl groups excluding tert-OH is 2. The monoisotopic (exact) mass is 670 g/mol. The van der Waals surface area contributed by atoms with Gasteiger partial charge in [0.2, 0.25) is 0 Å². The molecule has 0 amide bonds. The molecule has 9 heteroatoms. The van der Waals surface area contributed by atoms with Gasteiger partial charge in [-0.15, -0.1) is 0 Å². The predicted molar refractivity (Wildman–Crippen MR) is 183 cm³/mol. The van der Waals surface area contributed by atoms with Gasteiger partial charge in [0.1, 0.15) is 41.5 Å². The van der Waals surface area contributed by atoms with Crippen LogP contribution in [0.5, 0.6) is 11.5 Å². The third-order valence-electron chi connectivity index (χ3n) is 8.57. The number of unbranched alkanes of at least 4 members (excludes halogenated alkanes) is 2. The molecule has 1 aliphatic rings. The van der Waals surface area contributed by atoms with Gasteiger partial charge in [-0.2, -0.15) is 0 Å². The summed E-state index contributed by atoms with van der Waals surface area (Å²) in [5, 5.41) is 22.4. The first-order chi connectivity index (χ1) is 22.9. The van der Waals surface area contributed by atoms with E-state index in [0.29, 0.717) is 31.3 Å². The zero-order chi connectivity index (χ0) is 33.6. The Labute approximate surface area is 284 Å². The smallest absolute Gasteiger partial charge is 0.144 e. The molecule has 1 heterocycles. The zero-order valence-corrected chi connectivity index (χ0v) is 28.9. The Kier molecular flexibility index (Phi) is 14.8. The van der Waals surface area contributed by atoms with Crippen molar-refractivity contribution in [2.24, 2.45) is 0 Å². The molecule has 47 heavy (non-hydrogen) atoms. The molecule has 8 nitrogen and oxygen atoms in total. The zero-order valence-electron chi connectivity index (χ0n) is 28.2. The van der Waals surface area contributed by atoms with E-state index in [4.69, 9.17) is 40.0 Å². The number of methoxy groups -OCH3 is 1. The van der Waals surface area contributed by atoms with Gasteiger partial charge in [0, 0.05) is 18.2 Å². The quantitative estimate of drug-likeness (QED) is 0.131. The van der Waals surface area contributed by atoms with Crippen molar-refractivity contribution < 1.29 is 38.6 Å². The first kappa shape index (κ1) is 37.1. The van der Waals surface area contributed by atoms with Gasteiger partial charge in [-0.1, -0.05) is 74.7 Å². The van der Waals surface area contributed by atoms with Crippen LogP contribution < -0.4 is 9.47 Å². The maximum Gasteiger partial charge on any atom is 0.144 e. The van der Waals surface area contributed by atoms with Crippen LogP contribution >= 0.6 is 11.6 Å². The average Bonchev–Trinajstić information content (AvgIpc) is 3.10. The number of halogens is 1. The van der Waals surface area contributed by atoms with E-state index in [0.717, 1.165) is 59.4 Å². The summed E-state index contributed by atoms with van der Waals surface area (Å²) >= 11 is 6.74. The molecule has 3 aromatic rings. The van der Waals surface area contributed by atoms with Gasteiger partial charge in [0.05, 0.1) is 33.5 Å². The summed E-state index contributed by atoms with van der Waals surface area (Å²) < 4.78 is 37.4. The molecule has 258 valence electrons. The van der Waals surface area contributed by atoms with Crippen molar-refractivity contribution in [2.75, 3.05) is 40.1 Å². The Hall–Kier alpha value is -2.69. The second-order valence-electron chi connectivity index (χ2n) is 12.0. The van der Waals surface area contributed by atoms with Gasteiger partial charge in [0.25, 0.3) is 0 Å². The van der Waals surface area contributed by atoms with Gasteiger partial charge in [-0.25, -0.2) is 0 Å². The highest BCUT2D eigenvalue weighted by Crippen LogP contribution is 2.43. The first-order valence-corrected chi connectivity index (χ1v) is 17.2. The Bertz CT molecular complexity index is 1330. The summed E-state index contributed by atoms with van der Waals surface area (Å²) in [6, 6.07) is 21.4.